The van der Waals surface area contributed by atoms with Gasteiger partial charge in [-0.25, -0.2) is 14.0 Å². The van der Waals surface area contributed by atoms with E-state index in [1.807, 2.05) is 20.8 Å². The molecule has 0 radical (unpaired) electrons. The molecule has 5 N–H and O–H groups in total. The van der Waals surface area contributed by atoms with Crippen molar-refractivity contribution in [3.63, 3.8) is 0 Å². The molecule has 0 aromatic heterocycles. The molecule has 0 spiro atoms. The van der Waals surface area contributed by atoms with Crippen molar-refractivity contribution in [1.82, 2.24) is 26.2 Å². The van der Waals surface area contributed by atoms with Gasteiger partial charge in [-0.3, -0.25) is 14.4 Å². The molecule has 274 valence electrons. The van der Waals surface area contributed by atoms with Crippen LogP contribution in [0.4, 0.5) is 9.18 Å². The lowest BCUT2D eigenvalue weighted by Gasteiger charge is -2.36. The van der Waals surface area contributed by atoms with Gasteiger partial charge in [0.2, 0.25) is 11.8 Å². The maximum Gasteiger partial charge on any atom is 0.329 e. The Balaban J connectivity index is 2.25. The van der Waals surface area contributed by atoms with Crippen molar-refractivity contribution < 1.29 is 38.2 Å². The zero-order chi connectivity index (χ0) is 37.1. The quantitative estimate of drug-likeness (QED) is 0.131. The van der Waals surface area contributed by atoms with Gasteiger partial charge < -0.3 is 36.0 Å². The zero-order valence-electron chi connectivity index (χ0n) is 30.2. The summed E-state index contributed by atoms with van der Waals surface area (Å²) in [6, 6.07) is 0.836. The second-order valence-electron chi connectivity index (χ2n) is 14.5. The summed E-state index contributed by atoms with van der Waals surface area (Å²) < 4.78 is 18.7. The zero-order valence-corrected chi connectivity index (χ0v) is 30.2. The summed E-state index contributed by atoms with van der Waals surface area (Å²) >= 11 is 0. The summed E-state index contributed by atoms with van der Waals surface area (Å²) in [7, 11) is 0. The monoisotopic (exact) mass is 689 g/mol. The number of amides is 5. The van der Waals surface area contributed by atoms with E-state index in [2.05, 4.69) is 27.8 Å². The number of aliphatic hydroxyl groups excluding tert-OH is 1. The number of carbonyl (C=O) groups is 5. The number of hydrogen-bond donors (Lipinski definition) is 5. The third-order valence-electron chi connectivity index (χ3n) is 8.75. The van der Waals surface area contributed by atoms with E-state index in [4.69, 9.17) is 4.74 Å². The highest BCUT2D eigenvalue weighted by atomic mass is 19.1. The van der Waals surface area contributed by atoms with Crippen LogP contribution in [0.3, 0.4) is 0 Å². The topological polar surface area (TPSA) is 166 Å². The lowest BCUT2D eigenvalue weighted by atomic mass is 9.85. The predicted octanol–water partition coefficient (Wildman–Crippen LogP) is 3.43. The average Bonchev–Trinajstić information content (AvgIpc) is 3.49. The van der Waals surface area contributed by atoms with E-state index in [0.29, 0.717) is 24.8 Å². The fourth-order valence-electron chi connectivity index (χ4n) is 5.65. The first kappa shape index (κ1) is 41.2. The number of esters is 1. The Kier molecular flexibility index (Phi) is 15.7. The summed E-state index contributed by atoms with van der Waals surface area (Å²) in [5.41, 5.74) is -0.220. The fourth-order valence-corrected chi connectivity index (χ4v) is 5.65. The number of hydrogen-bond acceptors (Lipinski definition) is 7. The van der Waals surface area contributed by atoms with Gasteiger partial charge >= 0.3 is 12.0 Å². The van der Waals surface area contributed by atoms with Gasteiger partial charge in [0.1, 0.15) is 30.5 Å². The number of ether oxygens (including phenoxy) is 1. The van der Waals surface area contributed by atoms with Crippen molar-refractivity contribution in [2.75, 3.05) is 13.1 Å². The molecular formula is C36H56FN5O7. The molecule has 1 saturated heterocycles. The van der Waals surface area contributed by atoms with Crippen LogP contribution < -0.4 is 21.3 Å². The molecule has 6 atom stereocenters. The molecule has 0 aliphatic carbocycles. The third-order valence-corrected chi connectivity index (χ3v) is 8.75. The van der Waals surface area contributed by atoms with Crippen molar-refractivity contribution in [2.24, 2.45) is 23.2 Å². The highest BCUT2D eigenvalue weighted by Gasteiger charge is 2.46. The Morgan fingerprint density at radius 1 is 1.06 bits per heavy atom. The SMILES string of the molecule is C=CCNC(=O)C(O)C(CCC)NC(=O)[C@@H]1C[C@@H](C(C)C)CN1C(=O)[C@@H](NC(=O)N[C@H](C(=O)OCc1ccc(F)cc1)C(C)C)C(C)(C)C. The maximum atomic E-state index is 14.3. The largest absolute Gasteiger partial charge is 0.459 e. The Bertz CT molecular complexity index is 1300. The van der Waals surface area contributed by atoms with E-state index in [1.54, 1.807) is 34.6 Å². The van der Waals surface area contributed by atoms with Gasteiger partial charge in [-0.15, -0.1) is 6.58 Å². The molecule has 49 heavy (non-hydrogen) atoms. The van der Waals surface area contributed by atoms with E-state index in [9.17, 15) is 33.5 Å². The maximum absolute atomic E-state index is 14.3. The lowest BCUT2D eigenvalue weighted by molar-refractivity contribution is -0.148. The summed E-state index contributed by atoms with van der Waals surface area (Å²) in [4.78, 5) is 68.4. The van der Waals surface area contributed by atoms with Gasteiger partial charge in [-0.2, -0.15) is 0 Å². The van der Waals surface area contributed by atoms with Crippen LogP contribution in [0.25, 0.3) is 0 Å². The number of urea groups is 1. The van der Waals surface area contributed by atoms with E-state index < -0.39 is 71.2 Å². The molecule has 1 fully saturated rings. The fraction of sp³-hybridized carbons (Fsp3) is 0.639. The van der Waals surface area contributed by atoms with Crippen molar-refractivity contribution in [3.8, 4) is 0 Å². The van der Waals surface area contributed by atoms with Crippen molar-refractivity contribution in [3.05, 3.63) is 48.3 Å². The van der Waals surface area contributed by atoms with Gasteiger partial charge in [0.05, 0.1) is 6.04 Å². The lowest BCUT2D eigenvalue weighted by Crippen LogP contribution is -2.61. The molecule has 1 heterocycles. The van der Waals surface area contributed by atoms with Crippen LogP contribution in [-0.2, 0) is 30.5 Å². The van der Waals surface area contributed by atoms with Crippen LogP contribution in [0, 0.1) is 29.0 Å². The molecule has 13 heteroatoms. The minimum atomic E-state index is -1.50. The van der Waals surface area contributed by atoms with Crippen molar-refractivity contribution in [1.29, 1.82) is 0 Å². The van der Waals surface area contributed by atoms with Crippen LogP contribution >= 0.6 is 0 Å². The van der Waals surface area contributed by atoms with Gasteiger partial charge in [-0.1, -0.05) is 80.0 Å². The molecule has 2 unspecified atom stereocenters. The third kappa shape index (κ3) is 12.1. The average molecular weight is 690 g/mol. The number of nitrogens with zero attached hydrogens (tertiary/aromatic N) is 1. The molecule has 1 aromatic carbocycles. The molecule has 0 bridgehead atoms. The van der Waals surface area contributed by atoms with Crippen LogP contribution in [0.15, 0.2) is 36.9 Å². The Hall–Kier alpha value is -4.00. The van der Waals surface area contributed by atoms with Crippen molar-refractivity contribution >= 4 is 29.7 Å². The smallest absolute Gasteiger partial charge is 0.329 e. The van der Waals surface area contributed by atoms with Crippen LogP contribution in [0.2, 0.25) is 0 Å². The number of carbonyl (C=O) groups excluding carboxylic acids is 5. The molecule has 1 aliphatic heterocycles. The van der Waals surface area contributed by atoms with Gasteiger partial charge in [0, 0.05) is 13.1 Å². The number of nitrogens with one attached hydrogen (secondary N) is 4. The molecule has 1 aliphatic rings. The first-order valence-corrected chi connectivity index (χ1v) is 17.1. The van der Waals surface area contributed by atoms with Crippen LogP contribution in [0.1, 0.15) is 80.2 Å². The van der Waals surface area contributed by atoms with E-state index in [-0.39, 0.29) is 37.5 Å². The minimum absolute atomic E-state index is 0.0132. The molecule has 12 nitrogen and oxygen atoms in total. The van der Waals surface area contributed by atoms with Crippen molar-refractivity contribution in [2.45, 2.75) is 112 Å². The Morgan fingerprint density at radius 3 is 2.22 bits per heavy atom. The molecule has 1 aromatic rings. The van der Waals surface area contributed by atoms with E-state index >= 15 is 0 Å². The van der Waals surface area contributed by atoms with Gasteiger partial charge in [0.15, 0.2) is 6.10 Å². The van der Waals surface area contributed by atoms with Crippen LogP contribution in [0.5, 0.6) is 0 Å². The normalized spacial score (nSPS) is 18.7. The Labute approximate surface area is 290 Å². The summed E-state index contributed by atoms with van der Waals surface area (Å²) in [6.07, 6.45) is 1.26. The van der Waals surface area contributed by atoms with Crippen LogP contribution in [-0.4, -0.2) is 83.1 Å². The standard InChI is InChI=1S/C36H56FN5O7/c1-10-12-26(29(43)32(45)38-17-11-2)39-31(44)27-18-24(21(3)4)19-42(27)33(46)30(36(7,8)9)41-35(48)40-28(22(5)6)34(47)49-20-23-13-15-25(37)16-14-23/h11,13-16,21-22,24,26-30,43H,2,10,12,17-20H2,1,3-9H3,(H,38,45)(H,39,44)(H2,40,41,48)/t24-,26?,27+,28+,29?,30-/m1/s1. The number of benzene rings is 1. The predicted molar refractivity (Wildman–Crippen MR) is 184 cm³/mol. The number of aliphatic hydroxyl groups is 1. The highest BCUT2D eigenvalue weighted by molar-refractivity contribution is 5.94. The summed E-state index contributed by atoms with van der Waals surface area (Å²) in [6.45, 7) is 18.6. The van der Waals surface area contributed by atoms with Gasteiger partial charge in [-0.05, 0) is 53.7 Å². The van der Waals surface area contributed by atoms with E-state index in [0.717, 1.165) is 0 Å². The first-order chi connectivity index (χ1) is 22.9. The second kappa shape index (κ2) is 18.7. The molecular weight excluding hydrogens is 633 g/mol. The molecule has 0 saturated carbocycles. The number of rotatable bonds is 16. The van der Waals surface area contributed by atoms with E-state index in [1.165, 1.54) is 35.2 Å². The molecule has 2 rings (SSSR count). The number of likely N-dealkylation sites (tertiary alicyclic amines) is 1. The summed E-state index contributed by atoms with van der Waals surface area (Å²) in [5, 5.41) is 21.5. The summed E-state index contributed by atoms with van der Waals surface area (Å²) in [5.74, 6) is -2.94. The highest BCUT2D eigenvalue weighted by Crippen LogP contribution is 2.32. The number of halogens is 1. The second-order valence-corrected chi connectivity index (χ2v) is 14.5. The minimum Gasteiger partial charge on any atom is -0.459 e. The Morgan fingerprint density at radius 2 is 1.69 bits per heavy atom. The first-order valence-electron chi connectivity index (χ1n) is 17.1. The van der Waals surface area contributed by atoms with Gasteiger partial charge in [0.25, 0.3) is 5.91 Å². The molecule has 5 amide bonds.